The Morgan fingerprint density at radius 2 is 2.04 bits per heavy atom. The lowest BCUT2D eigenvalue weighted by atomic mass is 10.2. The molecule has 3 aromatic rings. The number of thioether (sulfide) groups is 1. The quantitative estimate of drug-likeness (QED) is 0.477. The van der Waals surface area contributed by atoms with Gasteiger partial charge in [0, 0.05) is 48.4 Å². The van der Waals surface area contributed by atoms with Gasteiger partial charge in [-0.25, -0.2) is 9.97 Å². The molecule has 144 valence electrons. The molecule has 0 radical (unpaired) electrons. The first-order chi connectivity index (χ1) is 13.8. The molecular weight excluding hydrogens is 368 g/mol. The molecule has 1 aliphatic rings. The molecule has 0 saturated heterocycles. The molecule has 0 amide bonds. The average Bonchev–Trinajstić information content (AvgIpc) is 3.27. The van der Waals surface area contributed by atoms with Crippen LogP contribution in [0.3, 0.4) is 0 Å². The number of aromatic nitrogens is 3. The number of imidazole rings is 1. The molecule has 28 heavy (non-hydrogen) atoms. The van der Waals surface area contributed by atoms with Gasteiger partial charge in [-0.05, 0) is 42.7 Å². The highest BCUT2D eigenvalue weighted by atomic mass is 32.2. The number of rotatable bonds is 7. The Kier molecular flexibility index (Phi) is 5.62. The highest BCUT2D eigenvalue weighted by molar-refractivity contribution is 8.01. The van der Waals surface area contributed by atoms with Crippen LogP contribution in [0.25, 0.3) is 5.82 Å². The molecule has 4 rings (SSSR count). The van der Waals surface area contributed by atoms with Crippen LogP contribution in [0.1, 0.15) is 18.4 Å². The van der Waals surface area contributed by atoms with Gasteiger partial charge >= 0.3 is 0 Å². The zero-order chi connectivity index (χ0) is 19.2. The van der Waals surface area contributed by atoms with Crippen LogP contribution < -0.4 is 10.6 Å². The van der Waals surface area contributed by atoms with Crippen LogP contribution in [0.4, 0.5) is 0 Å². The van der Waals surface area contributed by atoms with Gasteiger partial charge < -0.3 is 10.6 Å². The molecule has 2 aromatic heterocycles. The molecule has 0 aliphatic heterocycles. The lowest BCUT2D eigenvalue weighted by Crippen LogP contribution is -2.40. The lowest BCUT2D eigenvalue weighted by Gasteiger charge is -2.18. The molecule has 2 N–H and O–H groups in total. The summed E-state index contributed by atoms with van der Waals surface area (Å²) in [5, 5.41) is 6.89. The maximum atomic E-state index is 4.39. The fourth-order valence-electron chi connectivity index (χ4n) is 2.95. The minimum atomic E-state index is 0.282. The van der Waals surface area contributed by atoms with Gasteiger partial charge in [-0.15, -0.1) is 11.8 Å². The standard InChI is InChI=1S/C21H24N6S/c1-22-20(26-15-21(8-9-21)28-18-5-3-2-4-6-18)25-14-17-7-10-24-19(13-17)27-12-11-23-16-27/h2-7,10-13,16H,8-9,14-15H2,1H3,(H2,22,25,26). The van der Waals surface area contributed by atoms with E-state index >= 15 is 0 Å². The number of hydrogen-bond donors (Lipinski definition) is 2. The summed E-state index contributed by atoms with van der Waals surface area (Å²) in [7, 11) is 1.81. The minimum absolute atomic E-state index is 0.282. The number of guanidine groups is 1. The fourth-order valence-corrected chi connectivity index (χ4v) is 4.19. The highest BCUT2D eigenvalue weighted by Crippen LogP contribution is 2.51. The van der Waals surface area contributed by atoms with E-state index < -0.39 is 0 Å². The molecule has 0 atom stereocenters. The number of aliphatic imine (C=N–C) groups is 1. The second-order valence-corrected chi connectivity index (χ2v) is 8.41. The van der Waals surface area contributed by atoms with E-state index in [1.54, 1.807) is 12.5 Å². The second kappa shape index (κ2) is 8.48. The molecule has 1 saturated carbocycles. The van der Waals surface area contributed by atoms with Crippen LogP contribution in [0.15, 0.2) is 77.3 Å². The van der Waals surface area contributed by atoms with Crippen LogP contribution in [-0.4, -0.2) is 38.8 Å². The number of pyridine rings is 1. The van der Waals surface area contributed by atoms with Crippen LogP contribution in [-0.2, 0) is 6.54 Å². The van der Waals surface area contributed by atoms with Crippen molar-refractivity contribution >= 4 is 17.7 Å². The van der Waals surface area contributed by atoms with Gasteiger partial charge in [0.2, 0.25) is 0 Å². The Bertz CT molecular complexity index is 919. The SMILES string of the molecule is CN=C(NCc1ccnc(-n2ccnc2)c1)NCC1(Sc2ccccc2)CC1. The van der Waals surface area contributed by atoms with Crippen LogP contribution in [0.2, 0.25) is 0 Å². The topological polar surface area (TPSA) is 67.1 Å². The summed E-state index contributed by atoms with van der Waals surface area (Å²) in [6.07, 6.45) is 9.67. The summed E-state index contributed by atoms with van der Waals surface area (Å²) >= 11 is 1.96. The van der Waals surface area contributed by atoms with Crippen molar-refractivity contribution in [2.45, 2.75) is 29.0 Å². The first-order valence-corrected chi connectivity index (χ1v) is 10.2. The third-order valence-electron chi connectivity index (χ3n) is 4.73. The van der Waals surface area contributed by atoms with Crippen LogP contribution in [0.5, 0.6) is 0 Å². The Morgan fingerprint density at radius 1 is 1.18 bits per heavy atom. The molecule has 2 heterocycles. The third-order valence-corrected chi connectivity index (χ3v) is 6.22. The van der Waals surface area contributed by atoms with E-state index in [1.165, 1.54) is 17.7 Å². The number of benzene rings is 1. The van der Waals surface area contributed by atoms with Crippen molar-refractivity contribution in [3.63, 3.8) is 0 Å². The summed E-state index contributed by atoms with van der Waals surface area (Å²) in [4.78, 5) is 14.2. The van der Waals surface area contributed by atoms with E-state index in [1.807, 2.05) is 41.8 Å². The Balaban J connectivity index is 1.30. The fraction of sp³-hybridized carbons (Fsp3) is 0.286. The molecule has 7 heteroatoms. The molecule has 0 unspecified atom stereocenters. The molecular formula is C21H24N6S. The summed E-state index contributed by atoms with van der Waals surface area (Å²) in [6, 6.07) is 14.7. The molecule has 1 fully saturated rings. The first kappa shape index (κ1) is 18.6. The summed E-state index contributed by atoms with van der Waals surface area (Å²) < 4.78 is 2.18. The molecule has 6 nitrogen and oxygen atoms in total. The molecule has 1 aromatic carbocycles. The summed E-state index contributed by atoms with van der Waals surface area (Å²) in [5.41, 5.74) is 1.14. The van der Waals surface area contributed by atoms with Crippen LogP contribution >= 0.6 is 11.8 Å². The van der Waals surface area contributed by atoms with E-state index in [2.05, 4.69) is 62.0 Å². The molecule has 1 aliphatic carbocycles. The summed E-state index contributed by atoms with van der Waals surface area (Å²) in [5.74, 6) is 1.68. The van der Waals surface area contributed by atoms with E-state index in [0.29, 0.717) is 6.54 Å². The summed E-state index contributed by atoms with van der Waals surface area (Å²) in [6.45, 7) is 1.59. The monoisotopic (exact) mass is 392 g/mol. The van der Waals surface area contributed by atoms with E-state index in [-0.39, 0.29) is 4.75 Å². The maximum absolute atomic E-state index is 4.39. The van der Waals surface area contributed by atoms with Gasteiger partial charge in [0.15, 0.2) is 5.96 Å². The first-order valence-electron chi connectivity index (χ1n) is 9.38. The maximum Gasteiger partial charge on any atom is 0.191 e. The van der Waals surface area contributed by atoms with Gasteiger partial charge in [0.1, 0.15) is 12.1 Å². The van der Waals surface area contributed by atoms with Crippen molar-refractivity contribution < 1.29 is 0 Å². The van der Waals surface area contributed by atoms with Crippen LogP contribution in [0, 0.1) is 0 Å². The molecule has 0 spiro atoms. The minimum Gasteiger partial charge on any atom is -0.355 e. The second-order valence-electron chi connectivity index (χ2n) is 6.87. The van der Waals surface area contributed by atoms with Gasteiger partial charge in [-0.2, -0.15) is 0 Å². The highest BCUT2D eigenvalue weighted by Gasteiger charge is 2.43. The van der Waals surface area contributed by atoms with Crippen molar-refractivity contribution in [2.24, 2.45) is 4.99 Å². The van der Waals surface area contributed by atoms with Gasteiger partial charge in [-0.1, -0.05) is 18.2 Å². The largest absolute Gasteiger partial charge is 0.355 e. The Labute approximate surface area is 169 Å². The number of hydrogen-bond acceptors (Lipinski definition) is 4. The normalized spacial score (nSPS) is 15.2. The van der Waals surface area contributed by atoms with Crippen molar-refractivity contribution in [3.8, 4) is 5.82 Å². The van der Waals surface area contributed by atoms with Gasteiger partial charge in [-0.3, -0.25) is 9.56 Å². The van der Waals surface area contributed by atoms with Gasteiger partial charge in [0.05, 0.1) is 0 Å². The van der Waals surface area contributed by atoms with E-state index in [9.17, 15) is 0 Å². The van der Waals surface area contributed by atoms with E-state index in [0.717, 1.165) is 23.9 Å². The van der Waals surface area contributed by atoms with E-state index in [4.69, 9.17) is 0 Å². The number of nitrogens with zero attached hydrogens (tertiary/aromatic N) is 4. The average molecular weight is 393 g/mol. The van der Waals surface area contributed by atoms with Crippen molar-refractivity contribution in [2.75, 3.05) is 13.6 Å². The molecule has 0 bridgehead atoms. The Hall–Kier alpha value is -2.80. The van der Waals surface area contributed by atoms with Crippen molar-refractivity contribution in [1.82, 2.24) is 25.2 Å². The Morgan fingerprint density at radius 3 is 2.75 bits per heavy atom. The lowest BCUT2D eigenvalue weighted by molar-refractivity contribution is 0.765. The third kappa shape index (κ3) is 4.72. The smallest absolute Gasteiger partial charge is 0.191 e. The predicted molar refractivity (Wildman–Crippen MR) is 114 cm³/mol. The number of nitrogens with one attached hydrogen (secondary N) is 2. The van der Waals surface area contributed by atoms with Crippen molar-refractivity contribution in [1.29, 1.82) is 0 Å². The zero-order valence-electron chi connectivity index (χ0n) is 15.9. The van der Waals surface area contributed by atoms with Crippen molar-refractivity contribution in [3.05, 3.63) is 72.9 Å². The zero-order valence-corrected chi connectivity index (χ0v) is 16.7. The predicted octanol–water partition coefficient (Wildman–Crippen LogP) is 3.26. The van der Waals surface area contributed by atoms with Gasteiger partial charge in [0.25, 0.3) is 0 Å².